The number of nitrogens with zero attached hydrogens (tertiary/aromatic N) is 1. The first-order valence-electron chi connectivity index (χ1n) is 4.61. The number of hydrogen-bond acceptors (Lipinski definition) is 2. The smallest absolute Gasteiger partial charge is 0.242 e. The van der Waals surface area contributed by atoms with Crippen LogP contribution in [0.2, 0.25) is 0 Å². The second kappa shape index (κ2) is 5.02. The van der Waals surface area contributed by atoms with E-state index in [0.29, 0.717) is 13.0 Å². The number of likely N-dealkylation sites (N-methyl/N-ethyl adjacent to an activating group) is 1. The SMILES string of the molecule is C=CCN(C)C(=O)C(C)(N)CCC. The van der Waals surface area contributed by atoms with Gasteiger partial charge in [-0.1, -0.05) is 19.4 Å². The highest BCUT2D eigenvalue weighted by molar-refractivity contribution is 5.85. The number of hydrogen-bond donors (Lipinski definition) is 1. The molecule has 0 saturated carbocycles. The number of carbonyl (C=O) groups excluding carboxylic acids is 1. The van der Waals surface area contributed by atoms with Gasteiger partial charge in [-0.3, -0.25) is 4.79 Å². The predicted molar refractivity (Wildman–Crippen MR) is 55.3 cm³/mol. The molecule has 0 saturated heterocycles. The fourth-order valence-electron chi connectivity index (χ4n) is 1.34. The van der Waals surface area contributed by atoms with Gasteiger partial charge in [0.15, 0.2) is 0 Å². The largest absolute Gasteiger partial charge is 0.340 e. The molecular weight excluding hydrogens is 164 g/mol. The minimum atomic E-state index is -0.730. The molecule has 0 spiro atoms. The summed E-state index contributed by atoms with van der Waals surface area (Å²) in [7, 11) is 1.74. The molecule has 0 rings (SSSR count). The van der Waals surface area contributed by atoms with Crippen molar-refractivity contribution in [2.75, 3.05) is 13.6 Å². The van der Waals surface area contributed by atoms with Gasteiger partial charge in [-0.05, 0) is 13.3 Å². The van der Waals surface area contributed by atoms with E-state index in [0.717, 1.165) is 6.42 Å². The van der Waals surface area contributed by atoms with E-state index < -0.39 is 5.54 Å². The standard InChI is InChI=1S/C10H20N2O/c1-5-7-10(3,11)9(13)12(4)8-6-2/h6H,2,5,7-8,11H2,1,3-4H3. The summed E-state index contributed by atoms with van der Waals surface area (Å²) < 4.78 is 0. The summed E-state index contributed by atoms with van der Waals surface area (Å²) in [6.45, 7) is 7.92. The maximum atomic E-state index is 11.7. The van der Waals surface area contributed by atoms with Crippen LogP contribution in [0.4, 0.5) is 0 Å². The Bertz CT molecular complexity index is 187. The molecule has 3 nitrogen and oxygen atoms in total. The molecule has 1 unspecified atom stereocenters. The van der Waals surface area contributed by atoms with Crippen molar-refractivity contribution in [1.82, 2.24) is 4.90 Å². The molecule has 2 N–H and O–H groups in total. The quantitative estimate of drug-likeness (QED) is 0.651. The summed E-state index contributed by atoms with van der Waals surface area (Å²) >= 11 is 0. The summed E-state index contributed by atoms with van der Waals surface area (Å²) in [6.07, 6.45) is 3.33. The zero-order valence-corrected chi connectivity index (χ0v) is 8.84. The molecule has 0 bridgehead atoms. The summed E-state index contributed by atoms with van der Waals surface area (Å²) in [5.41, 5.74) is 5.15. The molecule has 0 aliphatic rings. The first-order valence-corrected chi connectivity index (χ1v) is 4.61. The first-order chi connectivity index (χ1) is 5.95. The fraction of sp³-hybridized carbons (Fsp3) is 0.700. The summed E-state index contributed by atoms with van der Waals surface area (Å²) in [4.78, 5) is 13.3. The molecule has 0 aliphatic heterocycles. The van der Waals surface area contributed by atoms with Crippen LogP contribution >= 0.6 is 0 Å². The van der Waals surface area contributed by atoms with Crippen molar-refractivity contribution < 1.29 is 4.79 Å². The zero-order chi connectivity index (χ0) is 10.5. The van der Waals surface area contributed by atoms with Crippen LogP contribution < -0.4 is 5.73 Å². The molecule has 0 aromatic rings. The van der Waals surface area contributed by atoms with E-state index >= 15 is 0 Å². The van der Waals surface area contributed by atoms with Crippen molar-refractivity contribution in [1.29, 1.82) is 0 Å². The average Bonchev–Trinajstić information content (AvgIpc) is 2.03. The van der Waals surface area contributed by atoms with Crippen LogP contribution in [-0.2, 0) is 4.79 Å². The number of nitrogens with two attached hydrogens (primary N) is 1. The lowest BCUT2D eigenvalue weighted by molar-refractivity contribution is -0.134. The van der Waals surface area contributed by atoms with Gasteiger partial charge in [-0.2, -0.15) is 0 Å². The Morgan fingerprint density at radius 3 is 2.62 bits per heavy atom. The third-order valence-corrected chi connectivity index (χ3v) is 2.01. The minimum Gasteiger partial charge on any atom is -0.340 e. The molecule has 13 heavy (non-hydrogen) atoms. The van der Waals surface area contributed by atoms with Crippen LogP contribution in [0.15, 0.2) is 12.7 Å². The lowest BCUT2D eigenvalue weighted by Crippen LogP contribution is -2.52. The van der Waals surface area contributed by atoms with E-state index in [1.54, 1.807) is 24.9 Å². The molecular formula is C10H20N2O. The third kappa shape index (κ3) is 3.59. The first kappa shape index (κ1) is 12.2. The maximum absolute atomic E-state index is 11.7. The Morgan fingerprint density at radius 2 is 2.23 bits per heavy atom. The molecule has 0 aliphatic carbocycles. The third-order valence-electron chi connectivity index (χ3n) is 2.01. The van der Waals surface area contributed by atoms with Gasteiger partial charge in [-0.15, -0.1) is 6.58 Å². The second-order valence-electron chi connectivity index (χ2n) is 3.64. The number of rotatable bonds is 5. The number of amides is 1. The molecule has 1 amide bonds. The Balaban J connectivity index is 4.29. The summed E-state index contributed by atoms with van der Waals surface area (Å²) in [6, 6.07) is 0. The van der Waals surface area contributed by atoms with Gasteiger partial charge in [0.05, 0.1) is 5.54 Å². The van der Waals surface area contributed by atoms with Crippen molar-refractivity contribution in [2.24, 2.45) is 5.73 Å². The second-order valence-corrected chi connectivity index (χ2v) is 3.64. The highest BCUT2D eigenvalue weighted by Gasteiger charge is 2.29. The van der Waals surface area contributed by atoms with E-state index in [1.165, 1.54) is 0 Å². The molecule has 0 fully saturated rings. The van der Waals surface area contributed by atoms with Crippen molar-refractivity contribution in [3.05, 3.63) is 12.7 Å². The van der Waals surface area contributed by atoms with Crippen LogP contribution in [0.3, 0.4) is 0 Å². The van der Waals surface area contributed by atoms with Gasteiger partial charge in [0.25, 0.3) is 0 Å². The van der Waals surface area contributed by atoms with Crippen molar-refractivity contribution >= 4 is 5.91 Å². The normalized spacial score (nSPS) is 14.8. The average molecular weight is 184 g/mol. The van der Waals surface area contributed by atoms with Crippen LogP contribution in [0.1, 0.15) is 26.7 Å². The van der Waals surface area contributed by atoms with E-state index in [4.69, 9.17) is 5.73 Å². The van der Waals surface area contributed by atoms with Gasteiger partial charge >= 0.3 is 0 Å². The molecule has 0 aromatic heterocycles. The fourth-order valence-corrected chi connectivity index (χ4v) is 1.34. The lowest BCUT2D eigenvalue weighted by Gasteiger charge is -2.28. The topological polar surface area (TPSA) is 46.3 Å². The highest BCUT2D eigenvalue weighted by atomic mass is 16.2. The lowest BCUT2D eigenvalue weighted by atomic mass is 9.96. The van der Waals surface area contributed by atoms with Gasteiger partial charge < -0.3 is 10.6 Å². The molecule has 0 aromatic carbocycles. The van der Waals surface area contributed by atoms with Gasteiger partial charge in [0.2, 0.25) is 5.91 Å². The maximum Gasteiger partial charge on any atom is 0.242 e. The van der Waals surface area contributed by atoms with Crippen molar-refractivity contribution in [3.8, 4) is 0 Å². The highest BCUT2D eigenvalue weighted by Crippen LogP contribution is 2.11. The predicted octanol–water partition coefficient (Wildman–Crippen LogP) is 1.15. The van der Waals surface area contributed by atoms with Crippen LogP contribution in [0, 0.1) is 0 Å². The van der Waals surface area contributed by atoms with Gasteiger partial charge in [0.1, 0.15) is 0 Å². The Hall–Kier alpha value is -0.830. The molecule has 3 heteroatoms. The van der Waals surface area contributed by atoms with Crippen molar-refractivity contribution in [2.45, 2.75) is 32.2 Å². The Labute approximate surface area is 80.6 Å². The van der Waals surface area contributed by atoms with E-state index in [1.807, 2.05) is 6.92 Å². The van der Waals surface area contributed by atoms with Gasteiger partial charge in [0, 0.05) is 13.6 Å². The summed E-state index contributed by atoms with van der Waals surface area (Å²) in [5.74, 6) is -0.0192. The Morgan fingerprint density at radius 1 is 1.69 bits per heavy atom. The van der Waals surface area contributed by atoms with E-state index in [2.05, 4.69) is 6.58 Å². The number of carbonyl (C=O) groups is 1. The molecule has 1 atom stereocenters. The Kier molecular flexibility index (Phi) is 4.70. The van der Waals surface area contributed by atoms with Crippen LogP contribution in [0.5, 0.6) is 0 Å². The van der Waals surface area contributed by atoms with Gasteiger partial charge in [-0.25, -0.2) is 0 Å². The van der Waals surface area contributed by atoms with Crippen LogP contribution in [-0.4, -0.2) is 29.9 Å². The van der Waals surface area contributed by atoms with E-state index in [9.17, 15) is 4.79 Å². The van der Waals surface area contributed by atoms with E-state index in [-0.39, 0.29) is 5.91 Å². The molecule has 0 radical (unpaired) electrons. The zero-order valence-electron chi connectivity index (χ0n) is 8.84. The monoisotopic (exact) mass is 184 g/mol. The minimum absolute atomic E-state index is 0.0192. The molecule has 0 heterocycles. The molecule has 76 valence electrons. The van der Waals surface area contributed by atoms with Crippen LogP contribution in [0.25, 0.3) is 0 Å². The summed E-state index contributed by atoms with van der Waals surface area (Å²) in [5, 5.41) is 0. The van der Waals surface area contributed by atoms with Crippen molar-refractivity contribution in [3.63, 3.8) is 0 Å².